The molecular weight excluding hydrogens is 182 g/mol. The number of esters is 1. The van der Waals surface area contributed by atoms with Crippen molar-refractivity contribution in [2.75, 3.05) is 19.7 Å². The lowest BCUT2D eigenvalue weighted by Crippen LogP contribution is -2.36. The van der Waals surface area contributed by atoms with Crippen LogP contribution in [0.1, 0.15) is 32.6 Å². The smallest absolute Gasteiger partial charge is 0.315 e. The monoisotopic (exact) mass is 199 g/mol. The highest BCUT2D eigenvalue weighted by Crippen LogP contribution is 2.09. The number of likely N-dealkylation sites (tertiary alicyclic amines) is 1. The number of nitrogens with zero attached hydrogens (tertiary/aromatic N) is 1. The van der Waals surface area contributed by atoms with Gasteiger partial charge < -0.3 is 9.64 Å². The lowest BCUT2D eigenvalue weighted by Gasteiger charge is -2.26. The fraction of sp³-hybridized carbons (Fsp3) is 0.800. The fourth-order valence-electron chi connectivity index (χ4n) is 1.59. The molecule has 0 bridgehead atoms. The Morgan fingerprint density at radius 1 is 1.21 bits per heavy atom. The van der Waals surface area contributed by atoms with E-state index in [4.69, 9.17) is 4.74 Å². The summed E-state index contributed by atoms with van der Waals surface area (Å²) in [6.45, 7) is 3.66. The predicted molar refractivity (Wildman–Crippen MR) is 51.7 cm³/mol. The van der Waals surface area contributed by atoms with Gasteiger partial charge >= 0.3 is 5.97 Å². The van der Waals surface area contributed by atoms with Gasteiger partial charge in [-0.15, -0.1) is 0 Å². The molecular formula is C10H17NO3. The van der Waals surface area contributed by atoms with Gasteiger partial charge in [-0.05, 0) is 26.2 Å². The van der Waals surface area contributed by atoms with Crippen molar-refractivity contribution in [1.82, 2.24) is 4.90 Å². The van der Waals surface area contributed by atoms with Crippen LogP contribution in [0, 0.1) is 0 Å². The van der Waals surface area contributed by atoms with Crippen molar-refractivity contribution in [1.29, 1.82) is 0 Å². The summed E-state index contributed by atoms with van der Waals surface area (Å²) < 4.78 is 4.72. The highest BCUT2D eigenvalue weighted by molar-refractivity contribution is 5.94. The maximum absolute atomic E-state index is 11.5. The maximum Gasteiger partial charge on any atom is 0.315 e. The van der Waals surface area contributed by atoms with Crippen molar-refractivity contribution in [3.05, 3.63) is 0 Å². The number of rotatable bonds is 3. The van der Waals surface area contributed by atoms with Crippen molar-refractivity contribution in [2.24, 2.45) is 0 Å². The van der Waals surface area contributed by atoms with Gasteiger partial charge in [0, 0.05) is 13.1 Å². The van der Waals surface area contributed by atoms with Crippen LogP contribution >= 0.6 is 0 Å². The van der Waals surface area contributed by atoms with E-state index in [9.17, 15) is 9.59 Å². The Labute approximate surface area is 84.2 Å². The third-order valence-corrected chi connectivity index (χ3v) is 2.31. The number of carbonyl (C=O) groups is 2. The molecule has 1 aliphatic rings. The van der Waals surface area contributed by atoms with Gasteiger partial charge in [0.15, 0.2) is 0 Å². The molecule has 0 aromatic heterocycles. The summed E-state index contributed by atoms with van der Waals surface area (Å²) in [5.74, 6) is -0.508. The molecule has 1 aliphatic heterocycles. The van der Waals surface area contributed by atoms with E-state index in [1.165, 1.54) is 6.42 Å². The van der Waals surface area contributed by atoms with Crippen LogP contribution in [0.2, 0.25) is 0 Å². The number of piperidine rings is 1. The van der Waals surface area contributed by atoms with Gasteiger partial charge in [0.2, 0.25) is 5.91 Å². The van der Waals surface area contributed by atoms with E-state index >= 15 is 0 Å². The molecule has 0 saturated carbocycles. The van der Waals surface area contributed by atoms with Gasteiger partial charge in [0.1, 0.15) is 6.42 Å². The summed E-state index contributed by atoms with van der Waals surface area (Å²) in [6.07, 6.45) is 3.18. The summed E-state index contributed by atoms with van der Waals surface area (Å²) in [6, 6.07) is 0. The lowest BCUT2D eigenvalue weighted by molar-refractivity contribution is -0.148. The highest BCUT2D eigenvalue weighted by atomic mass is 16.5. The molecule has 0 aliphatic carbocycles. The second-order valence-electron chi connectivity index (χ2n) is 3.42. The number of hydrogen-bond acceptors (Lipinski definition) is 3. The maximum atomic E-state index is 11.5. The predicted octanol–water partition coefficient (Wildman–Crippen LogP) is 0.952. The summed E-state index contributed by atoms with van der Waals surface area (Å²) in [4.78, 5) is 24.3. The molecule has 80 valence electrons. The van der Waals surface area contributed by atoms with Gasteiger partial charge in [-0.25, -0.2) is 0 Å². The van der Waals surface area contributed by atoms with Crippen LogP contribution in [0.15, 0.2) is 0 Å². The minimum atomic E-state index is -0.414. The molecule has 0 atom stereocenters. The Kier molecular flexibility index (Phi) is 4.43. The van der Waals surface area contributed by atoms with Gasteiger partial charge in [-0.3, -0.25) is 9.59 Å². The number of carbonyl (C=O) groups excluding carboxylic acids is 2. The van der Waals surface area contributed by atoms with Gasteiger partial charge in [0.25, 0.3) is 0 Å². The first kappa shape index (κ1) is 11.0. The van der Waals surface area contributed by atoms with Crippen LogP contribution in [-0.2, 0) is 14.3 Å². The van der Waals surface area contributed by atoms with E-state index in [0.717, 1.165) is 25.9 Å². The van der Waals surface area contributed by atoms with Crippen LogP contribution < -0.4 is 0 Å². The van der Waals surface area contributed by atoms with Gasteiger partial charge in [0.05, 0.1) is 6.61 Å². The van der Waals surface area contributed by atoms with Crippen LogP contribution in [-0.4, -0.2) is 36.5 Å². The van der Waals surface area contributed by atoms with Gasteiger partial charge in [-0.1, -0.05) is 0 Å². The Balaban J connectivity index is 2.29. The van der Waals surface area contributed by atoms with E-state index in [1.54, 1.807) is 11.8 Å². The largest absolute Gasteiger partial charge is 0.466 e. The Morgan fingerprint density at radius 3 is 2.43 bits per heavy atom. The third kappa shape index (κ3) is 3.36. The van der Waals surface area contributed by atoms with E-state index in [2.05, 4.69) is 0 Å². The Hall–Kier alpha value is -1.06. The molecule has 0 N–H and O–H groups in total. The van der Waals surface area contributed by atoms with E-state index in [1.807, 2.05) is 0 Å². The molecule has 4 heteroatoms. The van der Waals surface area contributed by atoms with Crippen molar-refractivity contribution >= 4 is 11.9 Å². The van der Waals surface area contributed by atoms with Crippen LogP contribution in [0.25, 0.3) is 0 Å². The lowest BCUT2D eigenvalue weighted by atomic mass is 10.1. The molecule has 1 amide bonds. The number of amides is 1. The summed E-state index contributed by atoms with van der Waals surface area (Å²) >= 11 is 0. The third-order valence-electron chi connectivity index (χ3n) is 2.31. The minimum Gasteiger partial charge on any atom is -0.466 e. The van der Waals surface area contributed by atoms with Gasteiger partial charge in [-0.2, -0.15) is 0 Å². The number of ether oxygens (including phenoxy) is 1. The van der Waals surface area contributed by atoms with E-state index in [0.29, 0.717) is 6.61 Å². The van der Waals surface area contributed by atoms with Crippen molar-refractivity contribution in [3.8, 4) is 0 Å². The van der Waals surface area contributed by atoms with Crippen molar-refractivity contribution < 1.29 is 14.3 Å². The first-order chi connectivity index (χ1) is 6.74. The second-order valence-corrected chi connectivity index (χ2v) is 3.42. The molecule has 14 heavy (non-hydrogen) atoms. The van der Waals surface area contributed by atoms with Crippen molar-refractivity contribution in [2.45, 2.75) is 32.6 Å². The molecule has 0 aromatic rings. The SMILES string of the molecule is CCOC(=O)CC(=O)N1CCCCC1. The van der Waals surface area contributed by atoms with Crippen LogP contribution in [0.3, 0.4) is 0 Å². The van der Waals surface area contributed by atoms with Crippen LogP contribution in [0.4, 0.5) is 0 Å². The number of hydrogen-bond donors (Lipinski definition) is 0. The summed E-state index contributed by atoms with van der Waals surface area (Å²) in [5.41, 5.74) is 0. The minimum absolute atomic E-state index is 0.0943. The zero-order chi connectivity index (χ0) is 10.4. The van der Waals surface area contributed by atoms with E-state index < -0.39 is 5.97 Å². The molecule has 4 nitrogen and oxygen atoms in total. The molecule has 0 spiro atoms. The van der Waals surface area contributed by atoms with E-state index in [-0.39, 0.29) is 12.3 Å². The quantitative estimate of drug-likeness (QED) is 0.502. The molecule has 1 heterocycles. The van der Waals surface area contributed by atoms with Crippen molar-refractivity contribution in [3.63, 3.8) is 0 Å². The standard InChI is InChI=1S/C10H17NO3/c1-2-14-10(13)8-9(12)11-6-4-3-5-7-11/h2-8H2,1H3. The molecule has 0 unspecified atom stereocenters. The zero-order valence-electron chi connectivity index (χ0n) is 8.62. The average Bonchev–Trinajstić information content (AvgIpc) is 2.19. The molecule has 1 rings (SSSR count). The second kappa shape index (κ2) is 5.62. The Bertz CT molecular complexity index is 209. The highest BCUT2D eigenvalue weighted by Gasteiger charge is 2.19. The molecule has 1 saturated heterocycles. The zero-order valence-corrected chi connectivity index (χ0v) is 8.62. The summed E-state index contributed by atoms with van der Waals surface area (Å²) in [5, 5.41) is 0. The fourth-order valence-corrected chi connectivity index (χ4v) is 1.59. The summed E-state index contributed by atoms with van der Waals surface area (Å²) in [7, 11) is 0. The van der Waals surface area contributed by atoms with Crippen LogP contribution in [0.5, 0.6) is 0 Å². The molecule has 1 fully saturated rings. The first-order valence-electron chi connectivity index (χ1n) is 5.17. The topological polar surface area (TPSA) is 46.6 Å². The molecule has 0 aromatic carbocycles. The molecule has 0 radical (unpaired) electrons. The first-order valence-corrected chi connectivity index (χ1v) is 5.17. The average molecular weight is 199 g/mol. The Morgan fingerprint density at radius 2 is 1.86 bits per heavy atom. The normalized spacial score (nSPS) is 16.5.